The Balaban J connectivity index is 1.61. The highest BCUT2D eigenvalue weighted by atomic mass is 19.1. The second-order valence-corrected chi connectivity index (χ2v) is 5.56. The molecule has 0 amide bonds. The number of nitrogens with one attached hydrogen (secondary N) is 1. The molecule has 0 aliphatic carbocycles. The molecule has 1 aromatic carbocycles. The van der Waals surface area contributed by atoms with Crippen LogP contribution >= 0.6 is 0 Å². The molecule has 1 aromatic heterocycles. The average molecular weight is 312 g/mol. The van der Waals surface area contributed by atoms with Gasteiger partial charge in [-0.3, -0.25) is 0 Å². The number of ether oxygens (including phenoxy) is 3. The Bertz CT molecular complexity index is 735. The normalized spacial score (nSPS) is 30.9. The minimum absolute atomic E-state index is 0.0248. The molecule has 2 aromatic rings. The van der Waals surface area contributed by atoms with Crippen LogP contribution in [-0.4, -0.2) is 52.7 Å². The van der Waals surface area contributed by atoms with Crippen molar-refractivity contribution < 1.29 is 28.1 Å². The number of fused-ring (bicyclic) bond motifs is 2. The van der Waals surface area contributed by atoms with E-state index < -0.39 is 36.1 Å². The second-order valence-electron chi connectivity index (χ2n) is 5.56. The quantitative estimate of drug-likeness (QED) is 0.867. The molecular weight excluding hydrogens is 298 g/mol. The molecule has 2 saturated heterocycles. The zero-order chi connectivity index (χ0) is 15.4. The number of aliphatic hydroxyl groups is 1. The van der Waals surface area contributed by atoms with Crippen LogP contribution in [0.5, 0.6) is 6.01 Å². The van der Waals surface area contributed by atoms with Gasteiger partial charge in [-0.2, -0.15) is 4.98 Å². The van der Waals surface area contributed by atoms with Crippen molar-refractivity contribution in [3.63, 3.8) is 0 Å². The molecule has 6 nitrogen and oxygen atoms in total. The lowest BCUT2D eigenvalue weighted by Crippen LogP contribution is -2.34. The number of rotatable bonds is 2. The van der Waals surface area contributed by atoms with Crippen LogP contribution in [0.3, 0.4) is 0 Å². The molecule has 22 heavy (non-hydrogen) atoms. The van der Waals surface area contributed by atoms with Crippen LogP contribution in [0.25, 0.3) is 11.0 Å². The molecule has 4 atom stereocenters. The van der Waals surface area contributed by atoms with Gasteiger partial charge in [0.15, 0.2) is 11.9 Å². The summed E-state index contributed by atoms with van der Waals surface area (Å²) in [5.41, 5.74) is 0.159. The van der Waals surface area contributed by atoms with E-state index in [9.17, 15) is 13.9 Å². The Morgan fingerprint density at radius 3 is 2.91 bits per heavy atom. The summed E-state index contributed by atoms with van der Waals surface area (Å²) in [4.78, 5) is 6.75. The number of aromatic nitrogens is 2. The van der Waals surface area contributed by atoms with Gasteiger partial charge in [-0.1, -0.05) is 0 Å². The van der Waals surface area contributed by atoms with Gasteiger partial charge in [-0.15, -0.1) is 0 Å². The monoisotopic (exact) mass is 312 g/mol. The fourth-order valence-corrected chi connectivity index (χ4v) is 2.90. The summed E-state index contributed by atoms with van der Waals surface area (Å²) in [6.45, 7) is 1.77. The highest BCUT2D eigenvalue weighted by Gasteiger charge is 2.48. The van der Waals surface area contributed by atoms with Crippen LogP contribution in [0.15, 0.2) is 6.07 Å². The molecule has 118 valence electrons. The Hall–Kier alpha value is -1.77. The molecule has 2 aliphatic rings. The zero-order valence-electron chi connectivity index (χ0n) is 11.7. The van der Waals surface area contributed by atoms with Crippen LogP contribution in [0.2, 0.25) is 0 Å². The molecule has 8 heteroatoms. The third-order valence-corrected chi connectivity index (χ3v) is 4.12. The molecule has 0 bridgehead atoms. The Labute approximate surface area is 124 Å². The topological polar surface area (TPSA) is 76.6 Å². The third kappa shape index (κ3) is 1.98. The van der Waals surface area contributed by atoms with Crippen LogP contribution in [0.1, 0.15) is 5.56 Å². The molecule has 0 radical (unpaired) electrons. The van der Waals surface area contributed by atoms with Crippen molar-refractivity contribution in [3.8, 4) is 6.01 Å². The number of hydrogen-bond acceptors (Lipinski definition) is 5. The molecule has 2 fully saturated rings. The Kier molecular flexibility index (Phi) is 3.07. The van der Waals surface area contributed by atoms with Gasteiger partial charge in [-0.05, 0) is 6.92 Å². The predicted octanol–water partition coefficient (Wildman–Crippen LogP) is 1.06. The third-order valence-electron chi connectivity index (χ3n) is 4.12. The van der Waals surface area contributed by atoms with Gasteiger partial charge in [0.1, 0.15) is 29.6 Å². The number of aliphatic hydroxyl groups excluding tert-OH is 1. The van der Waals surface area contributed by atoms with Crippen LogP contribution < -0.4 is 4.74 Å². The van der Waals surface area contributed by atoms with E-state index in [4.69, 9.17) is 14.2 Å². The lowest BCUT2D eigenvalue weighted by Gasteiger charge is -2.15. The van der Waals surface area contributed by atoms with Gasteiger partial charge in [0.25, 0.3) is 6.01 Å². The number of hydrogen-bond donors (Lipinski definition) is 2. The van der Waals surface area contributed by atoms with Gasteiger partial charge >= 0.3 is 0 Å². The molecule has 4 unspecified atom stereocenters. The van der Waals surface area contributed by atoms with Crippen molar-refractivity contribution in [3.05, 3.63) is 23.3 Å². The number of halogens is 2. The highest BCUT2D eigenvalue weighted by Crippen LogP contribution is 2.30. The van der Waals surface area contributed by atoms with Gasteiger partial charge in [-0.25, -0.2) is 8.78 Å². The number of aromatic amines is 1. The van der Waals surface area contributed by atoms with Gasteiger partial charge in [0.2, 0.25) is 0 Å². The minimum atomic E-state index is -0.714. The summed E-state index contributed by atoms with van der Waals surface area (Å²) in [6, 6.07) is 1.25. The molecule has 4 rings (SSSR count). The van der Waals surface area contributed by atoms with Crippen LogP contribution in [0, 0.1) is 18.6 Å². The standard InChI is InChI=1S/C14H14F2N2O4/c1-5-6(15)2-7-11(10(5)16)18-14(17-7)22-9-4-21-12-8(19)3-20-13(9)12/h2,8-9,12-13,19H,3-4H2,1H3,(H,17,18). The van der Waals surface area contributed by atoms with Crippen molar-refractivity contribution in [1.29, 1.82) is 0 Å². The van der Waals surface area contributed by atoms with Crippen molar-refractivity contribution >= 4 is 11.0 Å². The Morgan fingerprint density at radius 2 is 2.09 bits per heavy atom. The van der Waals surface area contributed by atoms with Crippen LogP contribution in [0.4, 0.5) is 8.78 Å². The lowest BCUT2D eigenvalue weighted by atomic mass is 10.1. The zero-order valence-corrected chi connectivity index (χ0v) is 11.7. The molecule has 3 heterocycles. The Morgan fingerprint density at radius 1 is 1.32 bits per heavy atom. The highest BCUT2D eigenvalue weighted by molar-refractivity contribution is 5.77. The van der Waals surface area contributed by atoms with Gasteiger partial charge in [0, 0.05) is 11.6 Å². The minimum Gasteiger partial charge on any atom is -0.456 e. The van der Waals surface area contributed by atoms with Crippen molar-refractivity contribution in [1.82, 2.24) is 9.97 Å². The number of nitrogens with zero attached hydrogens (tertiary/aromatic N) is 1. The first kappa shape index (κ1) is 13.9. The molecule has 2 N–H and O–H groups in total. The summed E-state index contributed by atoms with van der Waals surface area (Å²) in [7, 11) is 0. The molecule has 2 aliphatic heterocycles. The van der Waals surface area contributed by atoms with E-state index in [0.29, 0.717) is 0 Å². The van der Waals surface area contributed by atoms with E-state index in [1.807, 2.05) is 0 Å². The average Bonchev–Trinajstić information content (AvgIpc) is 3.15. The molecule has 0 saturated carbocycles. The predicted molar refractivity (Wildman–Crippen MR) is 70.6 cm³/mol. The maximum absolute atomic E-state index is 14.0. The summed E-state index contributed by atoms with van der Waals surface area (Å²) in [5, 5.41) is 9.67. The fourth-order valence-electron chi connectivity index (χ4n) is 2.90. The van der Waals surface area contributed by atoms with Crippen molar-refractivity contribution in [2.45, 2.75) is 31.3 Å². The van der Waals surface area contributed by atoms with E-state index in [2.05, 4.69) is 9.97 Å². The largest absolute Gasteiger partial charge is 0.456 e. The maximum Gasteiger partial charge on any atom is 0.295 e. The summed E-state index contributed by atoms with van der Waals surface area (Å²) in [6.07, 6.45) is -1.96. The van der Waals surface area contributed by atoms with Gasteiger partial charge < -0.3 is 24.3 Å². The SMILES string of the molecule is Cc1c(F)cc2[nH]c(OC3COC4C(O)COC34)nc2c1F. The summed E-state index contributed by atoms with van der Waals surface area (Å²) < 4.78 is 44.0. The van der Waals surface area contributed by atoms with Crippen molar-refractivity contribution in [2.24, 2.45) is 0 Å². The second kappa shape index (κ2) is 4.87. The smallest absolute Gasteiger partial charge is 0.295 e. The van der Waals surface area contributed by atoms with E-state index >= 15 is 0 Å². The van der Waals surface area contributed by atoms with E-state index in [-0.39, 0.29) is 35.8 Å². The maximum atomic E-state index is 14.0. The van der Waals surface area contributed by atoms with E-state index in [0.717, 1.165) is 0 Å². The first-order valence-corrected chi connectivity index (χ1v) is 6.97. The summed E-state index contributed by atoms with van der Waals surface area (Å²) >= 11 is 0. The molecule has 0 spiro atoms. The number of benzene rings is 1. The van der Waals surface area contributed by atoms with Gasteiger partial charge in [0.05, 0.1) is 18.7 Å². The van der Waals surface area contributed by atoms with E-state index in [1.54, 1.807) is 0 Å². The first-order valence-electron chi connectivity index (χ1n) is 6.97. The number of imidazole rings is 1. The first-order chi connectivity index (χ1) is 10.5. The lowest BCUT2D eigenvalue weighted by molar-refractivity contribution is 0.00706. The van der Waals surface area contributed by atoms with E-state index in [1.165, 1.54) is 13.0 Å². The summed E-state index contributed by atoms with van der Waals surface area (Å²) in [5.74, 6) is -1.36. The van der Waals surface area contributed by atoms with Crippen molar-refractivity contribution in [2.75, 3.05) is 13.2 Å². The fraction of sp³-hybridized carbons (Fsp3) is 0.500. The number of H-pyrrole nitrogens is 1. The molecular formula is C14H14F2N2O4. The van der Waals surface area contributed by atoms with Crippen LogP contribution in [-0.2, 0) is 9.47 Å².